The number of methoxy groups -OCH3 is 1. The molecule has 0 aliphatic heterocycles. The number of halogens is 1. The first-order valence-corrected chi connectivity index (χ1v) is 13.0. The summed E-state index contributed by atoms with van der Waals surface area (Å²) < 4.78 is 47.0. The molecule has 1 N–H and O–H groups in total. The molecule has 3 rings (SSSR count). The number of hydrogen-bond acceptors (Lipinski definition) is 5. The second-order valence-corrected chi connectivity index (χ2v) is 10.3. The van der Waals surface area contributed by atoms with Crippen LogP contribution in [0.1, 0.15) is 18.1 Å². The number of carbonyl (C=O) groups is 2. The lowest BCUT2D eigenvalue weighted by Crippen LogP contribution is -2.50. The van der Waals surface area contributed by atoms with Crippen molar-refractivity contribution >= 4 is 27.5 Å². The molecule has 3 aromatic rings. The zero-order chi connectivity index (χ0) is 27.2. The third-order valence-corrected chi connectivity index (χ3v) is 7.72. The van der Waals surface area contributed by atoms with Crippen molar-refractivity contribution in [1.82, 2.24) is 10.2 Å². The number of nitrogens with zero attached hydrogens (tertiary/aromatic N) is 2. The van der Waals surface area contributed by atoms with Gasteiger partial charge in [0, 0.05) is 13.6 Å². The summed E-state index contributed by atoms with van der Waals surface area (Å²) in [6, 6.07) is 17.2. The molecule has 0 saturated heterocycles. The molecule has 0 spiro atoms. The van der Waals surface area contributed by atoms with Crippen molar-refractivity contribution in [2.45, 2.75) is 31.3 Å². The molecule has 0 saturated carbocycles. The third kappa shape index (κ3) is 6.65. The van der Waals surface area contributed by atoms with E-state index in [1.807, 2.05) is 6.92 Å². The standard InChI is InChI=1S/C27H30FN3O5S/c1-19-5-11-23(12-6-19)31(37(34,35)25-15-13-24(36-4)14-16-25)18-26(32)30(20(2)27(33)29-3)17-21-7-9-22(28)10-8-21/h5-16,20H,17-18H2,1-4H3,(H,29,33). The van der Waals surface area contributed by atoms with Crippen molar-refractivity contribution in [2.75, 3.05) is 25.0 Å². The number of nitrogens with one attached hydrogen (secondary N) is 1. The van der Waals surface area contributed by atoms with Gasteiger partial charge in [-0.3, -0.25) is 13.9 Å². The normalized spacial score (nSPS) is 11.9. The quantitative estimate of drug-likeness (QED) is 0.436. The second kappa shape index (κ2) is 11.9. The molecule has 10 heteroatoms. The van der Waals surface area contributed by atoms with Crippen molar-refractivity contribution in [3.63, 3.8) is 0 Å². The molecule has 3 aromatic carbocycles. The van der Waals surface area contributed by atoms with Gasteiger partial charge in [0.25, 0.3) is 10.0 Å². The maximum atomic E-state index is 13.7. The SMILES string of the molecule is CNC(=O)C(C)N(Cc1ccc(F)cc1)C(=O)CN(c1ccc(C)cc1)S(=O)(=O)c1ccc(OC)cc1. The van der Waals surface area contributed by atoms with Gasteiger partial charge in [0.2, 0.25) is 11.8 Å². The fourth-order valence-electron chi connectivity index (χ4n) is 3.69. The minimum atomic E-state index is -4.17. The molecular weight excluding hydrogens is 497 g/mol. The molecule has 0 fully saturated rings. The van der Waals surface area contributed by atoms with Crippen LogP contribution in [0.2, 0.25) is 0 Å². The van der Waals surface area contributed by atoms with Gasteiger partial charge >= 0.3 is 0 Å². The van der Waals surface area contributed by atoms with Crippen LogP contribution in [0.25, 0.3) is 0 Å². The van der Waals surface area contributed by atoms with E-state index in [0.717, 1.165) is 9.87 Å². The predicted molar refractivity (Wildman–Crippen MR) is 139 cm³/mol. The smallest absolute Gasteiger partial charge is 0.264 e. The number of likely N-dealkylation sites (N-methyl/N-ethyl adjacent to an activating group) is 1. The molecule has 1 unspecified atom stereocenters. The van der Waals surface area contributed by atoms with Crippen LogP contribution in [0.4, 0.5) is 10.1 Å². The summed E-state index contributed by atoms with van der Waals surface area (Å²) >= 11 is 0. The van der Waals surface area contributed by atoms with Crippen LogP contribution in [0, 0.1) is 12.7 Å². The molecule has 196 valence electrons. The number of hydrogen-bond donors (Lipinski definition) is 1. The number of anilines is 1. The maximum absolute atomic E-state index is 13.7. The molecular formula is C27H30FN3O5S. The van der Waals surface area contributed by atoms with Gasteiger partial charge in [-0.1, -0.05) is 29.8 Å². The zero-order valence-corrected chi connectivity index (χ0v) is 22.0. The highest BCUT2D eigenvalue weighted by atomic mass is 32.2. The van der Waals surface area contributed by atoms with E-state index in [2.05, 4.69) is 5.32 Å². The van der Waals surface area contributed by atoms with E-state index in [1.54, 1.807) is 31.2 Å². The monoisotopic (exact) mass is 527 g/mol. The molecule has 37 heavy (non-hydrogen) atoms. The van der Waals surface area contributed by atoms with Crippen LogP contribution in [0.3, 0.4) is 0 Å². The lowest BCUT2D eigenvalue weighted by molar-refractivity contribution is -0.139. The summed E-state index contributed by atoms with van der Waals surface area (Å²) in [7, 11) is -1.24. The number of ether oxygens (including phenoxy) is 1. The van der Waals surface area contributed by atoms with Crippen molar-refractivity contribution < 1.29 is 27.1 Å². The fraction of sp³-hybridized carbons (Fsp3) is 0.259. The van der Waals surface area contributed by atoms with E-state index in [9.17, 15) is 22.4 Å². The minimum absolute atomic E-state index is 0.0159. The first-order chi connectivity index (χ1) is 17.6. The fourth-order valence-corrected chi connectivity index (χ4v) is 5.11. The van der Waals surface area contributed by atoms with Crippen molar-refractivity contribution in [3.05, 3.63) is 89.7 Å². The third-order valence-electron chi connectivity index (χ3n) is 5.93. The van der Waals surface area contributed by atoms with Crippen LogP contribution in [0.5, 0.6) is 5.75 Å². The van der Waals surface area contributed by atoms with E-state index in [4.69, 9.17) is 4.74 Å². The Labute approximate surface area is 216 Å². The minimum Gasteiger partial charge on any atom is -0.497 e. The Hall–Kier alpha value is -3.92. The van der Waals surface area contributed by atoms with E-state index >= 15 is 0 Å². The van der Waals surface area contributed by atoms with Crippen LogP contribution in [-0.4, -0.2) is 51.9 Å². The van der Waals surface area contributed by atoms with E-state index in [-0.39, 0.29) is 11.4 Å². The Morgan fingerprint density at radius 3 is 2.11 bits per heavy atom. The van der Waals surface area contributed by atoms with Crippen LogP contribution in [-0.2, 0) is 26.2 Å². The van der Waals surface area contributed by atoms with Gasteiger partial charge in [-0.05, 0) is 67.9 Å². The predicted octanol–water partition coefficient (Wildman–Crippen LogP) is 3.50. The molecule has 0 aromatic heterocycles. The highest BCUT2D eigenvalue weighted by molar-refractivity contribution is 7.92. The Kier molecular flexibility index (Phi) is 8.88. The summed E-state index contributed by atoms with van der Waals surface area (Å²) in [4.78, 5) is 27.4. The summed E-state index contributed by atoms with van der Waals surface area (Å²) in [5.41, 5.74) is 1.80. The highest BCUT2D eigenvalue weighted by Gasteiger charge is 2.32. The van der Waals surface area contributed by atoms with Crippen molar-refractivity contribution in [1.29, 1.82) is 0 Å². The lowest BCUT2D eigenvalue weighted by Gasteiger charge is -2.31. The zero-order valence-electron chi connectivity index (χ0n) is 21.1. The summed E-state index contributed by atoms with van der Waals surface area (Å²) in [6.07, 6.45) is 0. The number of carbonyl (C=O) groups excluding carboxylic acids is 2. The summed E-state index contributed by atoms with van der Waals surface area (Å²) in [5.74, 6) is -0.965. The van der Waals surface area contributed by atoms with Crippen LogP contribution >= 0.6 is 0 Å². The second-order valence-electron chi connectivity index (χ2n) is 8.46. The van der Waals surface area contributed by atoms with Crippen molar-refractivity contribution in [2.24, 2.45) is 0 Å². The molecule has 0 heterocycles. The van der Waals surface area contributed by atoms with Gasteiger partial charge in [-0.15, -0.1) is 0 Å². The average Bonchev–Trinajstić information content (AvgIpc) is 2.91. The van der Waals surface area contributed by atoms with Gasteiger partial charge in [0.15, 0.2) is 0 Å². The van der Waals surface area contributed by atoms with Crippen LogP contribution in [0.15, 0.2) is 77.7 Å². The lowest BCUT2D eigenvalue weighted by atomic mass is 10.1. The van der Waals surface area contributed by atoms with E-state index in [0.29, 0.717) is 17.0 Å². The number of rotatable bonds is 10. The molecule has 0 radical (unpaired) electrons. The Morgan fingerprint density at radius 1 is 0.973 bits per heavy atom. The molecule has 8 nitrogen and oxygen atoms in total. The van der Waals surface area contributed by atoms with Gasteiger partial charge in [0.05, 0.1) is 17.7 Å². The average molecular weight is 528 g/mol. The molecule has 2 amide bonds. The van der Waals surface area contributed by atoms with Crippen LogP contribution < -0.4 is 14.4 Å². The Bertz CT molecular complexity index is 1330. The van der Waals surface area contributed by atoms with E-state index in [1.165, 1.54) is 67.6 Å². The largest absolute Gasteiger partial charge is 0.497 e. The van der Waals surface area contributed by atoms with Crippen molar-refractivity contribution in [3.8, 4) is 5.75 Å². The first-order valence-electron chi connectivity index (χ1n) is 11.6. The maximum Gasteiger partial charge on any atom is 0.264 e. The van der Waals surface area contributed by atoms with Gasteiger partial charge in [-0.25, -0.2) is 12.8 Å². The Balaban J connectivity index is 2.01. The van der Waals surface area contributed by atoms with Gasteiger partial charge < -0.3 is 15.0 Å². The molecule has 1 atom stereocenters. The summed E-state index contributed by atoms with van der Waals surface area (Å²) in [5, 5.41) is 2.52. The van der Waals surface area contributed by atoms with Gasteiger partial charge in [0.1, 0.15) is 24.2 Å². The number of aryl methyl sites for hydroxylation is 1. The topological polar surface area (TPSA) is 96.0 Å². The number of amides is 2. The first kappa shape index (κ1) is 27.7. The highest BCUT2D eigenvalue weighted by Crippen LogP contribution is 2.26. The molecule has 0 aliphatic carbocycles. The van der Waals surface area contributed by atoms with E-state index < -0.39 is 40.2 Å². The Morgan fingerprint density at radius 2 is 1.57 bits per heavy atom. The molecule has 0 aliphatic rings. The number of benzene rings is 3. The number of sulfonamides is 1. The summed E-state index contributed by atoms with van der Waals surface area (Å²) in [6.45, 7) is 2.85. The van der Waals surface area contributed by atoms with Gasteiger partial charge in [-0.2, -0.15) is 0 Å². The molecule has 0 bridgehead atoms.